The fraction of sp³-hybridized carbons (Fsp3) is 0.231. The largest absolute Gasteiger partial charge is 0.454 e. The van der Waals surface area contributed by atoms with E-state index in [0.29, 0.717) is 29.8 Å². The van der Waals surface area contributed by atoms with Crippen LogP contribution >= 0.6 is 11.8 Å². The van der Waals surface area contributed by atoms with Gasteiger partial charge in [0.1, 0.15) is 0 Å². The monoisotopic (exact) mass is 445 g/mol. The molecule has 0 N–H and O–H groups in total. The van der Waals surface area contributed by atoms with E-state index in [4.69, 9.17) is 9.47 Å². The average Bonchev–Trinajstić information content (AvgIpc) is 3.18. The number of benzene rings is 3. The van der Waals surface area contributed by atoms with Crippen LogP contribution in [-0.2, 0) is 0 Å². The first-order valence-electron chi connectivity index (χ1n) is 10.7. The molecule has 0 bridgehead atoms. The maximum atomic E-state index is 13.4. The van der Waals surface area contributed by atoms with E-state index in [9.17, 15) is 9.59 Å². The van der Waals surface area contributed by atoms with Crippen LogP contribution < -0.4 is 9.47 Å². The molecule has 3 aromatic carbocycles. The smallest absolute Gasteiger partial charge is 0.254 e. The Hall–Kier alpha value is -3.25. The summed E-state index contributed by atoms with van der Waals surface area (Å²) in [6.45, 7) is 1.55. The molecular formula is C26H23NO4S. The van der Waals surface area contributed by atoms with E-state index in [-0.39, 0.29) is 23.7 Å². The number of ether oxygens (including phenoxy) is 2. The van der Waals surface area contributed by atoms with Crippen LogP contribution in [0.5, 0.6) is 11.5 Å². The minimum absolute atomic E-state index is 0.0863. The van der Waals surface area contributed by atoms with Crippen LogP contribution in [0.1, 0.15) is 43.5 Å². The lowest BCUT2D eigenvalue weighted by Crippen LogP contribution is -2.34. The van der Waals surface area contributed by atoms with Crippen LogP contribution in [0.3, 0.4) is 0 Å². The molecule has 1 unspecified atom stereocenters. The van der Waals surface area contributed by atoms with E-state index in [1.165, 1.54) is 5.56 Å². The summed E-state index contributed by atoms with van der Waals surface area (Å²) in [6.07, 6.45) is 0.838. The number of carbonyl (C=O) groups excluding carboxylic acids is 2. The van der Waals surface area contributed by atoms with Crippen LogP contribution in [0.15, 0.2) is 72.8 Å². The van der Waals surface area contributed by atoms with Gasteiger partial charge in [0.05, 0.1) is 5.56 Å². The summed E-state index contributed by atoms with van der Waals surface area (Å²) in [7, 11) is 0. The average molecular weight is 446 g/mol. The van der Waals surface area contributed by atoms with Gasteiger partial charge in [-0.3, -0.25) is 9.59 Å². The Kier molecular flexibility index (Phi) is 5.86. The van der Waals surface area contributed by atoms with E-state index in [1.807, 2.05) is 53.1 Å². The Morgan fingerprint density at radius 2 is 1.59 bits per heavy atom. The van der Waals surface area contributed by atoms with Crippen molar-refractivity contribution < 1.29 is 19.1 Å². The molecule has 0 aliphatic carbocycles. The predicted molar refractivity (Wildman–Crippen MR) is 125 cm³/mol. The lowest BCUT2D eigenvalue weighted by Gasteiger charge is -2.22. The van der Waals surface area contributed by atoms with Crippen molar-refractivity contribution in [1.29, 1.82) is 0 Å². The highest BCUT2D eigenvalue weighted by atomic mass is 32.2. The van der Waals surface area contributed by atoms with Crippen LogP contribution in [-0.4, -0.2) is 42.2 Å². The number of carbonyl (C=O) groups is 2. The molecule has 2 aliphatic heterocycles. The quantitative estimate of drug-likeness (QED) is 0.531. The van der Waals surface area contributed by atoms with E-state index in [1.54, 1.807) is 30.3 Å². The van der Waals surface area contributed by atoms with E-state index in [2.05, 4.69) is 6.07 Å². The molecule has 32 heavy (non-hydrogen) atoms. The number of fused-ring (bicyclic) bond motifs is 1. The highest BCUT2D eigenvalue weighted by Crippen LogP contribution is 2.40. The van der Waals surface area contributed by atoms with Crippen molar-refractivity contribution in [3.8, 4) is 11.5 Å². The summed E-state index contributed by atoms with van der Waals surface area (Å²) in [5, 5.41) is 0.281. The second-order valence-electron chi connectivity index (χ2n) is 7.79. The third-order valence-corrected chi connectivity index (χ3v) is 7.16. The second kappa shape index (κ2) is 9.09. The molecule has 2 aliphatic rings. The van der Waals surface area contributed by atoms with E-state index < -0.39 is 0 Å². The molecule has 1 saturated heterocycles. The molecule has 1 amide bonds. The molecule has 5 nitrogen and oxygen atoms in total. The minimum atomic E-state index is -0.128. The van der Waals surface area contributed by atoms with Crippen molar-refractivity contribution in [1.82, 2.24) is 4.90 Å². The lowest BCUT2D eigenvalue weighted by atomic mass is 9.97. The maximum absolute atomic E-state index is 13.4. The summed E-state index contributed by atoms with van der Waals surface area (Å²) in [5.41, 5.74) is 2.69. The Morgan fingerprint density at radius 1 is 0.844 bits per heavy atom. The molecular weight excluding hydrogens is 422 g/mol. The molecule has 5 rings (SSSR count). The highest BCUT2D eigenvalue weighted by Gasteiger charge is 2.27. The molecule has 162 valence electrons. The Balaban J connectivity index is 1.33. The van der Waals surface area contributed by atoms with Crippen molar-refractivity contribution in [2.75, 3.05) is 25.6 Å². The SMILES string of the molecule is O=C(c1ccccc1)c1ccccc1C(=O)N1CCSC(c2ccc3c(c2)OCO3)CC1. The van der Waals surface area contributed by atoms with Gasteiger partial charge in [0.25, 0.3) is 5.91 Å². The Bertz CT molecular complexity index is 1150. The van der Waals surface area contributed by atoms with Crippen molar-refractivity contribution >= 4 is 23.5 Å². The van der Waals surface area contributed by atoms with Gasteiger partial charge in [0.2, 0.25) is 6.79 Å². The van der Waals surface area contributed by atoms with Crippen molar-refractivity contribution in [2.24, 2.45) is 0 Å². The number of amides is 1. The number of thioether (sulfide) groups is 1. The third kappa shape index (κ3) is 4.10. The summed E-state index contributed by atoms with van der Waals surface area (Å²) in [4.78, 5) is 28.4. The van der Waals surface area contributed by atoms with Crippen molar-refractivity contribution in [2.45, 2.75) is 11.7 Å². The zero-order valence-corrected chi connectivity index (χ0v) is 18.3. The van der Waals surface area contributed by atoms with E-state index >= 15 is 0 Å². The predicted octanol–water partition coefficient (Wildman–Crippen LogP) is 4.97. The summed E-state index contributed by atoms with van der Waals surface area (Å²) in [6, 6.07) is 22.3. The zero-order valence-electron chi connectivity index (χ0n) is 17.5. The molecule has 6 heteroatoms. The van der Waals surface area contributed by atoms with Gasteiger partial charge in [0.15, 0.2) is 17.3 Å². The molecule has 2 heterocycles. The fourth-order valence-electron chi connectivity index (χ4n) is 4.14. The van der Waals surface area contributed by atoms with Gasteiger partial charge in [-0.1, -0.05) is 54.6 Å². The first-order valence-corrected chi connectivity index (χ1v) is 11.7. The number of hydrogen-bond donors (Lipinski definition) is 0. The first kappa shape index (κ1) is 20.6. The topological polar surface area (TPSA) is 55.8 Å². The van der Waals surface area contributed by atoms with Gasteiger partial charge >= 0.3 is 0 Å². The Morgan fingerprint density at radius 3 is 2.44 bits per heavy atom. The van der Waals surface area contributed by atoms with Crippen LogP contribution in [0, 0.1) is 0 Å². The first-order chi connectivity index (χ1) is 15.7. The maximum Gasteiger partial charge on any atom is 0.254 e. The molecule has 1 fully saturated rings. The molecule has 0 spiro atoms. The molecule has 3 aromatic rings. The van der Waals surface area contributed by atoms with Gasteiger partial charge in [0, 0.05) is 35.2 Å². The van der Waals surface area contributed by atoms with E-state index in [0.717, 1.165) is 23.7 Å². The fourth-order valence-corrected chi connectivity index (χ4v) is 5.36. The van der Waals surface area contributed by atoms with Gasteiger partial charge in [-0.15, -0.1) is 0 Å². The third-order valence-electron chi connectivity index (χ3n) is 5.84. The standard InChI is InChI=1S/C26H23NO4S/c28-25(18-6-2-1-3-7-18)20-8-4-5-9-21(20)26(29)27-13-12-24(32-15-14-27)19-10-11-22-23(16-19)31-17-30-22/h1-11,16,24H,12-15,17H2. The molecule has 1 atom stereocenters. The minimum Gasteiger partial charge on any atom is -0.454 e. The molecule has 0 radical (unpaired) electrons. The number of hydrogen-bond acceptors (Lipinski definition) is 5. The van der Waals surface area contributed by atoms with Gasteiger partial charge in [-0.05, 0) is 30.2 Å². The molecule has 0 saturated carbocycles. The van der Waals surface area contributed by atoms with Crippen LogP contribution in [0.2, 0.25) is 0 Å². The van der Waals surface area contributed by atoms with Gasteiger partial charge in [-0.25, -0.2) is 0 Å². The number of ketones is 1. The lowest BCUT2D eigenvalue weighted by molar-refractivity contribution is 0.0762. The summed E-state index contributed by atoms with van der Waals surface area (Å²) >= 11 is 1.85. The zero-order chi connectivity index (χ0) is 21.9. The second-order valence-corrected chi connectivity index (χ2v) is 9.10. The highest BCUT2D eigenvalue weighted by molar-refractivity contribution is 7.99. The van der Waals surface area contributed by atoms with Crippen LogP contribution in [0.25, 0.3) is 0 Å². The number of rotatable bonds is 4. The summed E-state index contributed by atoms with van der Waals surface area (Å²) in [5.74, 6) is 2.19. The summed E-state index contributed by atoms with van der Waals surface area (Å²) < 4.78 is 10.9. The van der Waals surface area contributed by atoms with Gasteiger partial charge in [-0.2, -0.15) is 11.8 Å². The Labute approximate surface area is 191 Å². The van der Waals surface area contributed by atoms with Gasteiger partial charge < -0.3 is 14.4 Å². The van der Waals surface area contributed by atoms with Crippen LogP contribution in [0.4, 0.5) is 0 Å². The normalized spacial score (nSPS) is 17.6. The van der Waals surface area contributed by atoms with Crippen molar-refractivity contribution in [3.05, 3.63) is 95.1 Å². The number of nitrogens with zero attached hydrogens (tertiary/aromatic N) is 1. The molecule has 0 aromatic heterocycles. The van der Waals surface area contributed by atoms with Crippen molar-refractivity contribution in [3.63, 3.8) is 0 Å².